The Morgan fingerprint density at radius 1 is 1.57 bits per heavy atom. The molecule has 0 aliphatic heterocycles. The van der Waals surface area contributed by atoms with Gasteiger partial charge in [0, 0.05) is 11.7 Å². The maximum absolute atomic E-state index is 11.6. The lowest BCUT2D eigenvalue weighted by Gasteiger charge is -2.30. The molecular weight excluding hydrogens is 174 g/mol. The number of amides is 1. The van der Waals surface area contributed by atoms with Crippen molar-refractivity contribution < 1.29 is 4.79 Å². The Hall–Kier alpha value is -1.05. The molecule has 0 saturated carbocycles. The van der Waals surface area contributed by atoms with Gasteiger partial charge in [-0.05, 0) is 45.6 Å². The van der Waals surface area contributed by atoms with Gasteiger partial charge < -0.3 is 4.90 Å². The van der Waals surface area contributed by atoms with E-state index in [1.54, 1.807) is 0 Å². The van der Waals surface area contributed by atoms with Gasteiger partial charge in [-0.2, -0.15) is 0 Å². The van der Waals surface area contributed by atoms with Crippen molar-refractivity contribution >= 4 is 5.91 Å². The monoisotopic (exact) mass is 193 g/mol. The quantitative estimate of drug-likeness (QED) is 0.631. The van der Waals surface area contributed by atoms with Crippen molar-refractivity contribution in [3.8, 4) is 0 Å². The molecule has 0 aromatic rings. The third-order valence-corrected chi connectivity index (χ3v) is 2.50. The summed E-state index contributed by atoms with van der Waals surface area (Å²) in [5.74, 6) is 0.0214. The van der Waals surface area contributed by atoms with Crippen molar-refractivity contribution in [2.24, 2.45) is 0 Å². The van der Waals surface area contributed by atoms with E-state index in [9.17, 15) is 4.79 Å². The highest BCUT2D eigenvalue weighted by Crippen LogP contribution is 2.22. The first-order valence-corrected chi connectivity index (χ1v) is 5.31. The summed E-state index contributed by atoms with van der Waals surface area (Å²) in [6, 6.07) is 0.227. The smallest absolute Gasteiger partial charge is 0.250 e. The minimum absolute atomic E-state index is 0.0214. The first-order valence-electron chi connectivity index (χ1n) is 5.31. The summed E-state index contributed by atoms with van der Waals surface area (Å²) in [5.41, 5.74) is 1.18. The first kappa shape index (κ1) is 11.0. The average molecular weight is 193 g/mol. The Balaban J connectivity index is 2.81. The summed E-state index contributed by atoms with van der Waals surface area (Å²) in [6.45, 7) is 7.62. The lowest BCUT2D eigenvalue weighted by molar-refractivity contribution is -0.125. The molecule has 0 aromatic carbocycles. The van der Waals surface area contributed by atoms with Gasteiger partial charge in [-0.25, -0.2) is 0 Å². The van der Waals surface area contributed by atoms with E-state index in [2.05, 4.69) is 12.7 Å². The van der Waals surface area contributed by atoms with Crippen molar-refractivity contribution in [2.45, 2.75) is 45.6 Å². The van der Waals surface area contributed by atoms with Crippen LogP contribution in [0.25, 0.3) is 0 Å². The zero-order chi connectivity index (χ0) is 10.6. The minimum Gasteiger partial charge on any atom is -0.311 e. The van der Waals surface area contributed by atoms with Gasteiger partial charge in [0.25, 0.3) is 0 Å². The highest BCUT2D eigenvalue weighted by molar-refractivity contribution is 5.88. The lowest BCUT2D eigenvalue weighted by atomic mass is 10.0. The molecule has 0 unspecified atom stereocenters. The molecular formula is C12H19NO. The molecule has 1 aliphatic rings. The number of carbonyl (C=O) groups excluding carboxylic acids is 1. The molecule has 1 aliphatic carbocycles. The fraction of sp³-hybridized carbons (Fsp3) is 0.583. The molecule has 1 amide bonds. The van der Waals surface area contributed by atoms with Crippen LogP contribution in [0.4, 0.5) is 0 Å². The Morgan fingerprint density at radius 2 is 2.29 bits per heavy atom. The molecule has 0 N–H and O–H groups in total. The lowest BCUT2D eigenvalue weighted by Crippen LogP contribution is -2.35. The van der Waals surface area contributed by atoms with E-state index in [4.69, 9.17) is 0 Å². The molecule has 0 bridgehead atoms. The Labute approximate surface area is 86.3 Å². The number of hydrogen-bond donors (Lipinski definition) is 0. The predicted molar refractivity (Wildman–Crippen MR) is 58.7 cm³/mol. The molecule has 0 radical (unpaired) electrons. The molecule has 0 heterocycles. The number of hydrogen-bond acceptors (Lipinski definition) is 1. The summed E-state index contributed by atoms with van der Waals surface area (Å²) in [6.07, 6.45) is 8.15. The van der Waals surface area contributed by atoms with Crippen molar-refractivity contribution in [2.75, 3.05) is 0 Å². The predicted octanol–water partition coefficient (Wildman–Crippen LogP) is 2.87. The van der Waals surface area contributed by atoms with E-state index in [1.807, 2.05) is 18.7 Å². The van der Waals surface area contributed by atoms with E-state index in [-0.39, 0.29) is 11.9 Å². The average Bonchev–Trinajstić information content (AvgIpc) is 2.19. The van der Waals surface area contributed by atoms with Gasteiger partial charge in [-0.3, -0.25) is 4.79 Å². The van der Waals surface area contributed by atoms with Crippen molar-refractivity contribution in [1.82, 2.24) is 4.90 Å². The van der Waals surface area contributed by atoms with Crippen molar-refractivity contribution in [3.63, 3.8) is 0 Å². The molecule has 0 aromatic heterocycles. The highest BCUT2D eigenvalue weighted by Gasteiger charge is 2.19. The van der Waals surface area contributed by atoms with Crippen LogP contribution in [0.3, 0.4) is 0 Å². The van der Waals surface area contributed by atoms with Crippen LogP contribution in [0.15, 0.2) is 24.4 Å². The number of allylic oxidation sites excluding steroid dienone is 2. The maximum Gasteiger partial charge on any atom is 0.250 e. The topological polar surface area (TPSA) is 20.3 Å². The van der Waals surface area contributed by atoms with Gasteiger partial charge in [0.1, 0.15) is 0 Å². The molecule has 78 valence electrons. The second kappa shape index (κ2) is 4.99. The second-order valence-corrected chi connectivity index (χ2v) is 3.95. The fourth-order valence-corrected chi connectivity index (χ4v) is 1.87. The molecule has 2 heteroatoms. The van der Waals surface area contributed by atoms with Gasteiger partial charge in [-0.1, -0.05) is 12.7 Å². The molecule has 14 heavy (non-hydrogen) atoms. The normalized spacial score (nSPS) is 16.4. The zero-order valence-electron chi connectivity index (χ0n) is 9.12. The molecule has 0 spiro atoms. The minimum atomic E-state index is 0.0214. The second-order valence-electron chi connectivity index (χ2n) is 3.95. The molecule has 0 fully saturated rings. The molecule has 0 atom stereocenters. The van der Waals surface area contributed by atoms with Crippen LogP contribution in [-0.2, 0) is 4.79 Å². The third-order valence-electron chi connectivity index (χ3n) is 2.50. The van der Waals surface area contributed by atoms with Crippen LogP contribution >= 0.6 is 0 Å². The van der Waals surface area contributed by atoms with E-state index >= 15 is 0 Å². The van der Waals surface area contributed by atoms with E-state index < -0.39 is 0 Å². The van der Waals surface area contributed by atoms with Gasteiger partial charge in [-0.15, -0.1) is 0 Å². The Kier molecular flexibility index (Phi) is 3.93. The van der Waals surface area contributed by atoms with Crippen LogP contribution in [0.1, 0.15) is 39.5 Å². The number of nitrogens with zero attached hydrogens (tertiary/aromatic N) is 1. The maximum atomic E-state index is 11.6. The SMILES string of the molecule is C=CC(=O)N(C1=CCCCC1)C(C)C. The van der Waals surface area contributed by atoms with Crippen LogP contribution in [-0.4, -0.2) is 16.8 Å². The Morgan fingerprint density at radius 3 is 2.71 bits per heavy atom. The number of carbonyl (C=O) groups is 1. The van der Waals surface area contributed by atoms with Crippen LogP contribution in [0, 0.1) is 0 Å². The zero-order valence-corrected chi connectivity index (χ0v) is 9.12. The summed E-state index contributed by atoms with van der Waals surface area (Å²) in [4.78, 5) is 13.5. The standard InChI is InChI=1S/C12H19NO/c1-4-12(14)13(10(2)3)11-8-6-5-7-9-11/h4,8,10H,1,5-7,9H2,2-3H3. The van der Waals surface area contributed by atoms with Crippen LogP contribution < -0.4 is 0 Å². The number of rotatable bonds is 3. The van der Waals surface area contributed by atoms with Gasteiger partial charge in [0.05, 0.1) is 0 Å². The highest BCUT2D eigenvalue weighted by atomic mass is 16.2. The van der Waals surface area contributed by atoms with Gasteiger partial charge >= 0.3 is 0 Å². The van der Waals surface area contributed by atoms with Crippen LogP contribution in [0.5, 0.6) is 0 Å². The fourth-order valence-electron chi connectivity index (χ4n) is 1.87. The van der Waals surface area contributed by atoms with Gasteiger partial charge in [0.15, 0.2) is 0 Å². The summed E-state index contributed by atoms with van der Waals surface area (Å²) >= 11 is 0. The molecule has 1 rings (SSSR count). The van der Waals surface area contributed by atoms with Crippen molar-refractivity contribution in [3.05, 3.63) is 24.4 Å². The van der Waals surface area contributed by atoms with Crippen molar-refractivity contribution in [1.29, 1.82) is 0 Å². The summed E-state index contributed by atoms with van der Waals surface area (Å²) in [5, 5.41) is 0. The summed E-state index contributed by atoms with van der Waals surface area (Å²) < 4.78 is 0. The van der Waals surface area contributed by atoms with Crippen LogP contribution in [0.2, 0.25) is 0 Å². The van der Waals surface area contributed by atoms with E-state index in [0.717, 1.165) is 12.8 Å². The summed E-state index contributed by atoms with van der Waals surface area (Å²) in [7, 11) is 0. The molecule has 0 saturated heterocycles. The largest absolute Gasteiger partial charge is 0.311 e. The van der Waals surface area contributed by atoms with E-state index in [1.165, 1.54) is 24.6 Å². The Bertz CT molecular complexity index is 253. The first-order chi connectivity index (χ1) is 6.66. The van der Waals surface area contributed by atoms with E-state index in [0.29, 0.717) is 0 Å². The van der Waals surface area contributed by atoms with Gasteiger partial charge in [0.2, 0.25) is 5.91 Å². The third kappa shape index (κ3) is 2.47. The molecule has 2 nitrogen and oxygen atoms in total.